The van der Waals surface area contributed by atoms with Crippen molar-refractivity contribution in [3.63, 3.8) is 0 Å². The van der Waals surface area contributed by atoms with E-state index in [4.69, 9.17) is 4.98 Å². The molecule has 0 saturated carbocycles. The van der Waals surface area contributed by atoms with Gasteiger partial charge in [-0.3, -0.25) is 0 Å². The average molecular weight is 420 g/mol. The summed E-state index contributed by atoms with van der Waals surface area (Å²) < 4.78 is 0.950. The Balaban J connectivity index is 1.84. The highest BCUT2D eigenvalue weighted by Crippen LogP contribution is 2.30. The number of aromatic nitrogens is 2. The normalized spacial score (nSPS) is 10.7. The molecule has 4 aromatic rings. The molecule has 1 heterocycles. The van der Waals surface area contributed by atoms with E-state index in [-0.39, 0.29) is 5.56 Å². The lowest BCUT2D eigenvalue weighted by Gasteiger charge is -2.11. The van der Waals surface area contributed by atoms with Crippen molar-refractivity contribution in [2.45, 2.75) is 0 Å². The van der Waals surface area contributed by atoms with E-state index in [1.807, 2.05) is 48.5 Å². The second kappa shape index (κ2) is 7.17. The highest BCUT2D eigenvalue weighted by molar-refractivity contribution is 9.10. The van der Waals surface area contributed by atoms with Gasteiger partial charge in [-0.2, -0.15) is 0 Å². The minimum absolute atomic E-state index is 0.202. The van der Waals surface area contributed by atoms with E-state index in [2.05, 4.69) is 26.2 Å². The maximum Gasteiger partial charge on any atom is 0.335 e. The van der Waals surface area contributed by atoms with Crippen molar-refractivity contribution in [3.8, 4) is 11.3 Å². The summed E-state index contributed by atoms with van der Waals surface area (Å²) in [6.45, 7) is 0. The predicted molar refractivity (Wildman–Crippen MR) is 109 cm³/mol. The van der Waals surface area contributed by atoms with Gasteiger partial charge in [0, 0.05) is 21.1 Å². The van der Waals surface area contributed by atoms with Gasteiger partial charge < -0.3 is 10.4 Å². The van der Waals surface area contributed by atoms with E-state index in [1.54, 1.807) is 24.3 Å². The number of anilines is 2. The maximum atomic E-state index is 11.2. The number of halogens is 1. The van der Waals surface area contributed by atoms with Gasteiger partial charge in [0.2, 0.25) is 5.95 Å². The molecule has 0 atom stereocenters. The average Bonchev–Trinajstić information content (AvgIpc) is 2.68. The molecule has 0 spiro atoms. The van der Waals surface area contributed by atoms with Crippen LogP contribution in [0.15, 0.2) is 77.3 Å². The molecule has 3 aromatic carbocycles. The Morgan fingerprint density at radius 1 is 0.926 bits per heavy atom. The molecule has 0 aliphatic rings. The first-order chi connectivity index (χ1) is 13.1. The van der Waals surface area contributed by atoms with Crippen molar-refractivity contribution in [2.75, 3.05) is 5.32 Å². The third-order valence-corrected chi connectivity index (χ3v) is 4.56. The molecule has 5 nitrogen and oxygen atoms in total. The summed E-state index contributed by atoms with van der Waals surface area (Å²) in [5.41, 5.74) is 3.39. The van der Waals surface area contributed by atoms with Crippen LogP contribution in [0.5, 0.6) is 0 Å². The van der Waals surface area contributed by atoms with Crippen LogP contribution < -0.4 is 5.32 Å². The zero-order chi connectivity index (χ0) is 18.8. The molecule has 0 fully saturated rings. The quantitative estimate of drug-likeness (QED) is 0.456. The summed E-state index contributed by atoms with van der Waals surface area (Å²) in [6.07, 6.45) is 0. The molecule has 4 rings (SSSR count). The maximum absolute atomic E-state index is 11.2. The largest absolute Gasteiger partial charge is 0.478 e. The number of hydrogen-bond donors (Lipinski definition) is 2. The Morgan fingerprint density at radius 2 is 1.74 bits per heavy atom. The highest BCUT2D eigenvalue weighted by atomic mass is 79.9. The standard InChI is InChI=1S/C21H14BrN3O2/c22-15-9-10-18-17(12-15)19(13-5-2-1-3-6-13)25-21(24-18)23-16-8-4-7-14(11-16)20(26)27/h1-12H,(H,26,27)(H,23,24,25). The molecular formula is C21H14BrN3O2. The third-order valence-electron chi connectivity index (χ3n) is 4.07. The molecule has 0 amide bonds. The summed E-state index contributed by atoms with van der Waals surface area (Å²) in [5, 5.41) is 13.2. The van der Waals surface area contributed by atoms with Gasteiger partial charge in [-0.15, -0.1) is 0 Å². The Bertz CT molecular complexity index is 1150. The molecular weight excluding hydrogens is 406 g/mol. The predicted octanol–water partition coefficient (Wildman–Crippen LogP) is 5.50. The minimum Gasteiger partial charge on any atom is -0.478 e. The molecule has 1 aromatic heterocycles. The van der Waals surface area contributed by atoms with Gasteiger partial charge in [-0.25, -0.2) is 14.8 Å². The Morgan fingerprint density at radius 3 is 2.52 bits per heavy atom. The van der Waals surface area contributed by atoms with Crippen molar-refractivity contribution in [1.82, 2.24) is 9.97 Å². The minimum atomic E-state index is -0.979. The summed E-state index contributed by atoms with van der Waals surface area (Å²) in [5.74, 6) is -0.570. The smallest absolute Gasteiger partial charge is 0.335 e. The lowest BCUT2D eigenvalue weighted by Crippen LogP contribution is -2.02. The van der Waals surface area contributed by atoms with E-state index >= 15 is 0 Å². The van der Waals surface area contributed by atoms with Crippen molar-refractivity contribution in [3.05, 3.63) is 82.8 Å². The topological polar surface area (TPSA) is 75.1 Å². The second-order valence-electron chi connectivity index (χ2n) is 5.93. The molecule has 0 aliphatic heterocycles. The van der Waals surface area contributed by atoms with Gasteiger partial charge >= 0.3 is 5.97 Å². The van der Waals surface area contributed by atoms with Crippen LogP contribution in [0.1, 0.15) is 10.4 Å². The van der Waals surface area contributed by atoms with Crippen molar-refractivity contribution in [2.24, 2.45) is 0 Å². The fourth-order valence-corrected chi connectivity index (χ4v) is 3.19. The summed E-state index contributed by atoms with van der Waals surface area (Å²) >= 11 is 3.51. The molecule has 0 unspecified atom stereocenters. The second-order valence-corrected chi connectivity index (χ2v) is 6.85. The van der Waals surface area contributed by atoms with Gasteiger partial charge in [0.05, 0.1) is 16.8 Å². The van der Waals surface area contributed by atoms with Gasteiger partial charge in [-0.1, -0.05) is 52.3 Å². The lowest BCUT2D eigenvalue weighted by atomic mass is 10.1. The Hall–Kier alpha value is -3.25. The fraction of sp³-hybridized carbons (Fsp3) is 0. The molecule has 0 aliphatic carbocycles. The number of aromatic carboxylic acids is 1. The number of benzene rings is 3. The number of rotatable bonds is 4. The van der Waals surface area contributed by atoms with Crippen LogP contribution in [0.4, 0.5) is 11.6 Å². The third kappa shape index (κ3) is 3.66. The van der Waals surface area contributed by atoms with Crippen LogP contribution in [0, 0.1) is 0 Å². The molecule has 0 bridgehead atoms. The van der Waals surface area contributed by atoms with Gasteiger partial charge in [-0.05, 0) is 36.4 Å². The number of nitrogens with one attached hydrogen (secondary N) is 1. The van der Waals surface area contributed by atoms with E-state index < -0.39 is 5.97 Å². The van der Waals surface area contributed by atoms with E-state index in [0.717, 1.165) is 26.6 Å². The monoisotopic (exact) mass is 419 g/mol. The number of carboxylic acid groups (broad SMARTS) is 1. The van der Waals surface area contributed by atoms with Crippen LogP contribution in [0.25, 0.3) is 22.2 Å². The summed E-state index contributed by atoms with van der Waals surface area (Å²) in [7, 11) is 0. The van der Waals surface area contributed by atoms with E-state index in [9.17, 15) is 9.90 Å². The van der Waals surface area contributed by atoms with Crippen LogP contribution in [-0.4, -0.2) is 21.0 Å². The Labute approximate surface area is 163 Å². The molecule has 2 N–H and O–H groups in total. The zero-order valence-corrected chi connectivity index (χ0v) is 15.6. The molecule has 6 heteroatoms. The van der Waals surface area contributed by atoms with Crippen LogP contribution in [0.2, 0.25) is 0 Å². The first-order valence-electron chi connectivity index (χ1n) is 8.23. The first-order valence-corrected chi connectivity index (χ1v) is 9.02. The number of hydrogen-bond acceptors (Lipinski definition) is 4. The van der Waals surface area contributed by atoms with Gasteiger partial charge in [0.15, 0.2) is 0 Å². The van der Waals surface area contributed by atoms with E-state index in [0.29, 0.717) is 11.6 Å². The Kier molecular flexibility index (Phi) is 4.56. The highest BCUT2D eigenvalue weighted by Gasteiger charge is 2.11. The molecule has 0 radical (unpaired) electrons. The molecule has 0 saturated heterocycles. The van der Waals surface area contributed by atoms with Gasteiger partial charge in [0.25, 0.3) is 0 Å². The van der Waals surface area contributed by atoms with Crippen molar-refractivity contribution in [1.29, 1.82) is 0 Å². The lowest BCUT2D eigenvalue weighted by molar-refractivity contribution is 0.0697. The number of carbonyl (C=O) groups is 1. The van der Waals surface area contributed by atoms with Gasteiger partial charge in [0.1, 0.15) is 0 Å². The zero-order valence-electron chi connectivity index (χ0n) is 14.1. The first kappa shape index (κ1) is 17.2. The van der Waals surface area contributed by atoms with E-state index in [1.165, 1.54) is 0 Å². The van der Waals surface area contributed by atoms with Crippen molar-refractivity contribution < 1.29 is 9.90 Å². The molecule has 27 heavy (non-hydrogen) atoms. The SMILES string of the molecule is O=C(O)c1cccc(Nc2nc(-c3ccccc3)c3cc(Br)ccc3n2)c1. The number of fused-ring (bicyclic) bond motifs is 1. The number of nitrogens with zero attached hydrogens (tertiary/aromatic N) is 2. The summed E-state index contributed by atoms with van der Waals surface area (Å²) in [4.78, 5) is 20.5. The van der Waals surface area contributed by atoms with Crippen LogP contribution in [0.3, 0.4) is 0 Å². The summed E-state index contributed by atoms with van der Waals surface area (Å²) in [6, 6.07) is 22.3. The molecule has 132 valence electrons. The van der Waals surface area contributed by atoms with Crippen LogP contribution in [-0.2, 0) is 0 Å². The number of carboxylic acids is 1. The van der Waals surface area contributed by atoms with Crippen molar-refractivity contribution >= 4 is 44.4 Å². The van der Waals surface area contributed by atoms with Crippen LogP contribution >= 0.6 is 15.9 Å². The fourth-order valence-electron chi connectivity index (χ4n) is 2.83.